The molecule has 0 saturated heterocycles. The van der Waals surface area contributed by atoms with Crippen molar-refractivity contribution in [2.45, 2.75) is 0 Å². The Morgan fingerprint density at radius 2 is 1.11 bits per heavy atom. The van der Waals surface area contributed by atoms with Crippen molar-refractivity contribution in [3.8, 4) is 23.3 Å². The number of nitrogens with zero attached hydrogens (tertiary/aromatic N) is 2. The van der Waals surface area contributed by atoms with Gasteiger partial charge in [-0.2, -0.15) is 10.5 Å². The number of nitrogens with two attached hydrogens (primary N) is 2. The molecule has 4 N–H and O–H groups in total. The summed E-state index contributed by atoms with van der Waals surface area (Å²) < 4.78 is 0. The molecule has 0 bridgehead atoms. The van der Waals surface area contributed by atoms with Crippen molar-refractivity contribution in [2.75, 3.05) is 11.5 Å². The van der Waals surface area contributed by atoms with Gasteiger partial charge in [-0.05, 0) is 35.4 Å². The average molecular weight is 234 g/mol. The lowest BCUT2D eigenvalue weighted by molar-refractivity contribution is 1.47. The molecule has 18 heavy (non-hydrogen) atoms. The highest BCUT2D eigenvalue weighted by Gasteiger charge is 2.05. The van der Waals surface area contributed by atoms with Gasteiger partial charge in [0.15, 0.2) is 0 Å². The smallest absolute Gasteiger partial charge is 0.101 e. The second-order valence-electron chi connectivity index (χ2n) is 3.83. The predicted octanol–water partition coefficient (Wildman–Crippen LogP) is 2.26. The van der Waals surface area contributed by atoms with Crippen LogP contribution in [0.15, 0.2) is 36.4 Å². The van der Waals surface area contributed by atoms with Gasteiger partial charge in [0, 0.05) is 11.4 Å². The van der Waals surface area contributed by atoms with Crippen molar-refractivity contribution >= 4 is 11.4 Å². The fourth-order valence-electron chi connectivity index (χ4n) is 1.67. The minimum Gasteiger partial charge on any atom is -0.398 e. The molecule has 0 aliphatic rings. The van der Waals surface area contributed by atoms with Crippen LogP contribution in [0.25, 0.3) is 11.1 Å². The molecule has 2 aromatic carbocycles. The normalized spacial score (nSPS) is 9.44. The van der Waals surface area contributed by atoms with E-state index in [1.807, 2.05) is 24.3 Å². The number of anilines is 2. The molecule has 0 amide bonds. The number of benzene rings is 2. The lowest BCUT2D eigenvalue weighted by atomic mass is 10.00. The van der Waals surface area contributed by atoms with E-state index in [1.54, 1.807) is 24.3 Å². The van der Waals surface area contributed by atoms with Crippen LogP contribution in [0.3, 0.4) is 0 Å². The molecule has 0 saturated carbocycles. The first-order chi connectivity index (χ1) is 8.65. The Bertz CT molecular complexity index is 628. The van der Waals surface area contributed by atoms with Gasteiger partial charge in [0.1, 0.15) is 12.1 Å². The van der Waals surface area contributed by atoms with Gasteiger partial charge in [-0.3, -0.25) is 0 Å². The van der Waals surface area contributed by atoms with Crippen molar-refractivity contribution in [1.82, 2.24) is 0 Å². The average Bonchev–Trinajstić information content (AvgIpc) is 2.40. The fourth-order valence-corrected chi connectivity index (χ4v) is 1.67. The van der Waals surface area contributed by atoms with E-state index in [-0.39, 0.29) is 0 Å². The summed E-state index contributed by atoms with van der Waals surface area (Å²) in [5, 5.41) is 17.9. The first-order valence-corrected chi connectivity index (χ1v) is 5.25. The van der Waals surface area contributed by atoms with Crippen molar-refractivity contribution < 1.29 is 0 Å². The maximum Gasteiger partial charge on any atom is 0.101 e. The minimum atomic E-state index is 0.419. The standard InChI is InChI=1S/C14H10N4/c15-7-11-5-9(1-3-13(11)17)10-2-4-14(18)12(6-10)8-16/h1-6H,17-18H2. The number of rotatable bonds is 1. The van der Waals surface area contributed by atoms with Crippen molar-refractivity contribution in [2.24, 2.45) is 0 Å². The van der Waals surface area contributed by atoms with Crippen molar-refractivity contribution in [1.29, 1.82) is 10.5 Å². The molecule has 4 nitrogen and oxygen atoms in total. The fraction of sp³-hybridized carbons (Fsp3) is 0. The Morgan fingerprint density at radius 1 is 0.722 bits per heavy atom. The van der Waals surface area contributed by atoms with Crippen LogP contribution in [0.4, 0.5) is 11.4 Å². The van der Waals surface area contributed by atoms with E-state index >= 15 is 0 Å². The summed E-state index contributed by atoms with van der Waals surface area (Å²) in [6.45, 7) is 0. The first-order valence-electron chi connectivity index (χ1n) is 5.25. The molecule has 2 aromatic rings. The third-order valence-corrected chi connectivity index (χ3v) is 2.68. The van der Waals surface area contributed by atoms with Gasteiger partial charge in [-0.15, -0.1) is 0 Å². The van der Waals surface area contributed by atoms with Gasteiger partial charge in [-0.1, -0.05) is 12.1 Å². The van der Waals surface area contributed by atoms with Crippen LogP contribution < -0.4 is 11.5 Å². The molecule has 2 rings (SSSR count). The Morgan fingerprint density at radius 3 is 1.44 bits per heavy atom. The monoisotopic (exact) mass is 234 g/mol. The van der Waals surface area contributed by atoms with Gasteiger partial charge in [0.05, 0.1) is 11.1 Å². The third-order valence-electron chi connectivity index (χ3n) is 2.68. The zero-order chi connectivity index (χ0) is 13.1. The Balaban J connectivity index is 2.57. The van der Waals surface area contributed by atoms with Crippen LogP contribution in [0.5, 0.6) is 0 Å². The van der Waals surface area contributed by atoms with Gasteiger partial charge in [0.2, 0.25) is 0 Å². The van der Waals surface area contributed by atoms with Crippen LogP contribution in [0, 0.1) is 22.7 Å². The molecule has 0 aliphatic carbocycles. The number of nitriles is 2. The summed E-state index contributed by atoms with van der Waals surface area (Å²) in [7, 11) is 0. The van der Waals surface area contributed by atoms with Gasteiger partial charge in [0.25, 0.3) is 0 Å². The molecule has 0 fully saturated rings. The zero-order valence-electron chi connectivity index (χ0n) is 9.51. The number of hydrogen-bond donors (Lipinski definition) is 2. The van der Waals surface area contributed by atoms with Gasteiger partial charge >= 0.3 is 0 Å². The zero-order valence-corrected chi connectivity index (χ0v) is 9.51. The largest absolute Gasteiger partial charge is 0.398 e. The molecular formula is C14H10N4. The van der Waals surface area contributed by atoms with Crippen molar-refractivity contribution in [3.63, 3.8) is 0 Å². The maximum atomic E-state index is 8.93. The lowest BCUT2D eigenvalue weighted by Gasteiger charge is -2.06. The molecule has 0 unspecified atom stereocenters. The summed E-state index contributed by atoms with van der Waals surface area (Å²) in [6.07, 6.45) is 0. The summed E-state index contributed by atoms with van der Waals surface area (Å²) >= 11 is 0. The molecule has 0 radical (unpaired) electrons. The SMILES string of the molecule is N#Cc1cc(-c2ccc(N)c(C#N)c2)ccc1N. The molecule has 4 heteroatoms. The molecule has 0 aliphatic heterocycles. The summed E-state index contributed by atoms with van der Waals surface area (Å²) in [6, 6.07) is 14.4. The highest BCUT2D eigenvalue weighted by molar-refractivity contribution is 5.73. The molecule has 0 aromatic heterocycles. The Labute approximate surface area is 105 Å². The quantitative estimate of drug-likeness (QED) is 0.739. The second-order valence-corrected chi connectivity index (χ2v) is 3.83. The second kappa shape index (κ2) is 4.48. The highest BCUT2D eigenvalue weighted by Crippen LogP contribution is 2.26. The maximum absolute atomic E-state index is 8.93. The molecule has 0 atom stereocenters. The first kappa shape index (κ1) is 11.5. The minimum absolute atomic E-state index is 0.419. The lowest BCUT2D eigenvalue weighted by Crippen LogP contribution is -1.93. The Hall–Kier alpha value is -2.98. The third kappa shape index (κ3) is 1.95. The highest BCUT2D eigenvalue weighted by atomic mass is 14.6. The molecular weight excluding hydrogens is 224 g/mol. The van der Waals surface area contributed by atoms with Crippen LogP contribution in [0.1, 0.15) is 11.1 Å². The van der Waals surface area contributed by atoms with Crippen LogP contribution >= 0.6 is 0 Å². The predicted molar refractivity (Wildman–Crippen MR) is 70.1 cm³/mol. The Kier molecular flexibility index (Phi) is 2.87. The summed E-state index contributed by atoms with van der Waals surface area (Å²) in [5.41, 5.74) is 14.7. The van der Waals surface area contributed by atoms with Crippen molar-refractivity contribution in [3.05, 3.63) is 47.5 Å². The molecule has 0 heterocycles. The van der Waals surface area contributed by atoms with E-state index in [9.17, 15) is 0 Å². The van der Waals surface area contributed by atoms with E-state index in [0.717, 1.165) is 11.1 Å². The number of hydrogen-bond acceptors (Lipinski definition) is 4. The van der Waals surface area contributed by atoms with E-state index in [1.165, 1.54) is 0 Å². The van der Waals surface area contributed by atoms with Crippen LogP contribution in [0.2, 0.25) is 0 Å². The topological polar surface area (TPSA) is 99.6 Å². The molecule has 86 valence electrons. The van der Waals surface area contributed by atoms with E-state index in [0.29, 0.717) is 22.5 Å². The van der Waals surface area contributed by atoms with Gasteiger partial charge in [-0.25, -0.2) is 0 Å². The summed E-state index contributed by atoms with van der Waals surface area (Å²) in [5.74, 6) is 0. The van der Waals surface area contributed by atoms with E-state index in [4.69, 9.17) is 22.0 Å². The van der Waals surface area contributed by atoms with E-state index < -0.39 is 0 Å². The number of nitrogen functional groups attached to an aromatic ring is 2. The summed E-state index contributed by atoms with van der Waals surface area (Å²) in [4.78, 5) is 0. The van der Waals surface area contributed by atoms with E-state index in [2.05, 4.69) is 0 Å². The van der Waals surface area contributed by atoms with Crippen LogP contribution in [-0.2, 0) is 0 Å². The van der Waals surface area contributed by atoms with Crippen LogP contribution in [-0.4, -0.2) is 0 Å². The molecule has 0 spiro atoms. The van der Waals surface area contributed by atoms with Gasteiger partial charge < -0.3 is 11.5 Å².